The van der Waals surface area contributed by atoms with Crippen molar-refractivity contribution in [2.24, 2.45) is 16.6 Å². The van der Waals surface area contributed by atoms with E-state index in [2.05, 4.69) is 20.2 Å². The fourth-order valence-electron chi connectivity index (χ4n) is 3.80. The smallest absolute Gasteiger partial charge is 0.208 e. The summed E-state index contributed by atoms with van der Waals surface area (Å²) in [6.07, 6.45) is 2.19. The van der Waals surface area contributed by atoms with Gasteiger partial charge in [0.25, 0.3) is 0 Å². The van der Waals surface area contributed by atoms with Crippen LogP contribution in [0.2, 0.25) is 0 Å². The molecule has 0 amide bonds. The third kappa shape index (κ3) is 7.46. The zero-order chi connectivity index (χ0) is 22.3. The van der Waals surface area contributed by atoms with E-state index in [1.165, 1.54) is 0 Å². The molecule has 0 saturated carbocycles. The largest absolute Gasteiger partial charge is 0.457 e. The predicted molar refractivity (Wildman–Crippen MR) is 142 cm³/mol. The highest BCUT2D eigenvalue weighted by Crippen LogP contribution is 2.24. The van der Waals surface area contributed by atoms with Gasteiger partial charge in [-0.3, -0.25) is 9.89 Å². The lowest BCUT2D eigenvalue weighted by Crippen LogP contribution is -2.34. The van der Waals surface area contributed by atoms with Crippen LogP contribution in [-0.4, -0.2) is 35.5 Å². The number of aromatic nitrogens is 1. The van der Waals surface area contributed by atoms with Gasteiger partial charge in [-0.2, -0.15) is 0 Å². The number of para-hydroxylation sites is 1. The first-order chi connectivity index (χ1) is 15.5. The Hall–Kier alpha value is -2.59. The number of oxazole rings is 1. The molecule has 1 aromatic heterocycles. The number of hydrogen-bond donors (Lipinski definition) is 2. The molecule has 8 heteroatoms. The Morgan fingerprint density at radius 3 is 2.55 bits per heavy atom. The zero-order valence-corrected chi connectivity index (χ0v) is 21.5. The van der Waals surface area contributed by atoms with Crippen LogP contribution in [-0.2, 0) is 6.54 Å². The fourth-order valence-corrected chi connectivity index (χ4v) is 3.80. The topological polar surface area (TPSA) is 88.9 Å². The summed E-state index contributed by atoms with van der Waals surface area (Å²) in [6.45, 7) is 7.48. The Morgan fingerprint density at radius 1 is 1.12 bits per heavy atom. The van der Waals surface area contributed by atoms with Crippen molar-refractivity contribution in [3.8, 4) is 11.5 Å². The molecule has 1 fully saturated rings. The first-order valence-electron chi connectivity index (χ1n) is 11.1. The Kier molecular flexibility index (Phi) is 9.13. The maximum atomic E-state index is 6.14. The van der Waals surface area contributed by atoms with E-state index in [9.17, 15) is 0 Å². The monoisotopic (exact) mass is 561 g/mol. The summed E-state index contributed by atoms with van der Waals surface area (Å²) in [6, 6.07) is 17.4. The average Bonchev–Trinajstić information content (AvgIpc) is 3.11. The Morgan fingerprint density at radius 2 is 1.85 bits per heavy atom. The molecule has 4 rings (SSSR count). The quantitative estimate of drug-likeness (QED) is 0.230. The standard InChI is InChI=1S/C25H31N5O2.HI/c1-18-19(2)31-24(28-18)17-30-13-11-20(12-14-30)16-27-25(26)29-21-7-6-10-23(15-21)32-22-8-4-3-5-9-22;/h3-10,15,20H,11-14,16-17H2,1-2H3,(H3,26,27,29);1H. The fraction of sp³-hybridized carbons (Fsp3) is 0.360. The maximum absolute atomic E-state index is 6.14. The number of nitrogens with one attached hydrogen (secondary N) is 1. The van der Waals surface area contributed by atoms with Crippen molar-refractivity contribution in [2.45, 2.75) is 33.2 Å². The van der Waals surface area contributed by atoms with Crippen molar-refractivity contribution in [3.05, 3.63) is 71.9 Å². The van der Waals surface area contributed by atoms with Crippen molar-refractivity contribution in [2.75, 3.05) is 25.0 Å². The summed E-state index contributed by atoms with van der Waals surface area (Å²) < 4.78 is 11.6. The molecule has 0 atom stereocenters. The number of nitrogens with zero attached hydrogens (tertiary/aromatic N) is 3. The summed E-state index contributed by atoms with van der Waals surface area (Å²) in [5.74, 6) is 4.22. The minimum absolute atomic E-state index is 0. The first kappa shape index (κ1) is 25.0. The molecule has 1 aliphatic rings. The van der Waals surface area contributed by atoms with Crippen LogP contribution < -0.4 is 15.8 Å². The molecule has 176 valence electrons. The van der Waals surface area contributed by atoms with E-state index in [0.717, 1.165) is 73.6 Å². The van der Waals surface area contributed by atoms with E-state index in [-0.39, 0.29) is 24.0 Å². The van der Waals surface area contributed by atoms with Crippen LogP contribution in [0.25, 0.3) is 0 Å². The normalized spacial score (nSPS) is 15.2. The average molecular weight is 561 g/mol. The van der Waals surface area contributed by atoms with E-state index in [1.807, 2.05) is 68.4 Å². The molecule has 0 bridgehead atoms. The number of benzene rings is 2. The molecule has 7 nitrogen and oxygen atoms in total. The van der Waals surface area contributed by atoms with Gasteiger partial charge in [0.2, 0.25) is 5.89 Å². The van der Waals surface area contributed by atoms with Crippen LogP contribution in [0.15, 0.2) is 64.0 Å². The molecule has 1 saturated heterocycles. The van der Waals surface area contributed by atoms with E-state index in [0.29, 0.717) is 11.9 Å². The summed E-state index contributed by atoms with van der Waals surface area (Å²) in [7, 11) is 0. The highest BCUT2D eigenvalue weighted by atomic mass is 127. The molecular weight excluding hydrogens is 529 g/mol. The number of nitrogens with two attached hydrogens (primary N) is 1. The zero-order valence-electron chi connectivity index (χ0n) is 19.2. The molecule has 0 unspecified atom stereocenters. The highest BCUT2D eigenvalue weighted by molar-refractivity contribution is 14.0. The molecular formula is C25H32IN5O2. The van der Waals surface area contributed by atoms with Crippen LogP contribution in [0.4, 0.5) is 5.69 Å². The SMILES string of the molecule is Cc1nc(CN2CCC(CN=C(N)Nc3cccc(Oc4ccccc4)c3)CC2)oc1C.I. The molecule has 0 radical (unpaired) electrons. The summed E-state index contributed by atoms with van der Waals surface area (Å²) >= 11 is 0. The van der Waals surface area contributed by atoms with Crippen LogP contribution in [0, 0.1) is 19.8 Å². The number of hydrogen-bond acceptors (Lipinski definition) is 5. The van der Waals surface area contributed by atoms with E-state index >= 15 is 0 Å². The first-order valence-corrected chi connectivity index (χ1v) is 11.1. The van der Waals surface area contributed by atoms with Crippen LogP contribution in [0.3, 0.4) is 0 Å². The van der Waals surface area contributed by atoms with Gasteiger partial charge in [-0.1, -0.05) is 24.3 Å². The summed E-state index contributed by atoms with van der Waals surface area (Å²) in [4.78, 5) is 11.5. The second-order valence-electron chi connectivity index (χ2n) is 8.26. The number of halogens is 1. The van der Waals surface area contributed by atoms with Crippen molar-refractivity contribution >= 4 is 35.6 Å². The number of aliphatic imine (C=N–C) groups is 1. The third-order valence-corrected chi connectivity index (χ3v) is 5.74. The van der Waals surface area contributed by atoms with Crippen LogP contribution >= 0.6 is 24.0 Å². The Bertz CT molecular complexity index is 1030. The van der Waals surface area contributed by atoms with E-state index in [4.69, 9.17) is 14.9 Å². The van der Waals surface area contributed by atoms with Crippen LogP contribution in [0.1, 0.15) is 30.2 Å². The van der Waals surface area contributed by atoms with E-state index in [1.54, 1.807) is 0 Å². The lowest BCUT2D eigenvalue weighted by molar-refractivity contribution is 0.166. The number of rotatable bonds is 7. The van der Waals surface area contributed by atoms with Gasteiger partial charge in [-0.15, -0.1) is 24.0 Å². The van der Waals surface area contributed by atoms with Crippen molar-refractivity contribution < 1.29 is 9.15 Å². The Balaban J connectivity index is 0.00000306. The Labute approximate surface area is 212 Å². The molecule has 2 heterocycles. The van der Waals surface area contributed by atoms with Crippen molar-refractivity contribution in [1.82, 2.24) is 9.88 Å². The van der Waals surface area contributed by atoms with Gasteiger partial charge < -0.3 is 20.2 Å². The van der Waals surface area contributed by atoms with Gasteiger partial charge in [-0.25, -0.2) is 4.98 Å². The lowest BCUT2D eigenvalue weighted by Gasteiger charge is -2.30. The summed E-state index contributed by atoms with van der Waals surface area (Å²) in [5, 5.41) is 3.17. The number of likely N-dealkylation sites (tertiary alicyclic amines) is 1. The van der Waals surface area contributed by atoms with Crippen molar-refractivity contribution in [1.29, 1.82) is 0 Å². The molecule has 2 aromatic carbocycles. The summed E-state index contributed by atoms with van der Waals surface area (Å²) in [5.41, 5.74) is 7.97. The van der Waals surface area contributed by atoms with Gasteiger partial charge in [-0.05, 0) is 70.0 Å². The molecule has 0 aliphatic carbocycles. The van der Waals surface area contributed by atoms with Gasteiger partial charge >= 0.3 is 0 Å². The molecule has 3 aromatic rings. The number of piperidine rings is 1. The number of aryl methyl sites for hydroxylation is 2. The molecule has 0 spiro atoms. The van der Waals surface area contributed by atoms with Gasteiger partial charge in [0.05, 0.1) is 12.2 Å². The van der Waals surface area contributed by atoms with Gasteiger partial charge in [0, 0.05) is 18.3 Å². The number of guanidine groups is 1. The predicted octanol–water partition coefficient (Wildman–Crippen LogP) is 5.34. The maximum Gasteiger partial charge on any atom is 0.208 e. The number of ether oxygens (including phenoxy) is 1. The third-order valence-electron chi connectivity index (χ3n) is 5.74. The number of anilines is 1. The second kappa shape index (κ2) is 12.0. The molecule has 3 N–H and O–H groups in total. The second-order valence-corrected chi connectivity index (χ2v) is 8.26. The van der Waals surface area contributed by atoms with E-state index < -0.39 is 0 Å². The van der Waals surface area contributed by atoms with Gasteiger partial charge in [0.15, 0.2) is 5.96 Å². The molecule has 1 aliphatic heterocycles. The minimum atomic E-state index is 0. The van der Waals surface area contributed by atoms with Gasteiger partial charge in [0.1, 0.15) is 17.3 Å². The minimum Gasteiger partial charge on any atom is -0.457 e. The molecule has 33 heavy (non-hydrogen) atoms. The lowest BCUT2D eigenvalue weighted by atomic mass is 9.97. The highest BCUT2D eigenvalue weighted by Gasteiger charge is 2.20. The van der Waals surface area contributed by atoms with Crippen molar-refractivity contribution in [3.63, 3.8) is 0 Å². The van der Waals surface area contributed by atoms with Crippen LogP contribution in [0.5, 0.6) is 11.5 Å².